The van der Waals surface area contributed by atoms with Crippen LogP contribution in [0.5, 0.6) is 0 Å². The van der Waals surface area contributed by atoms with E-state index in [2.05, 4.69) is 5.32 Å². The van der Waals surface area contributed by atoms with Crippen LogP contribution in [0, 0.1) is 11.7 Å². The number of hydrogen-bond donors (Lipinski definition) is 1. The number of carbonyl (C=O) groups excluding carboxylic acids is 1. The van der Waals surface area contributed by atoms with E-state index < -0.39 is 0 Å². The van der Waals surface area contributed by atoms with E-state index in [-0.39, 0.29) is 17.6 Å². The lowest BCUT2D eigenvalue weighted by Crippen LogP contribution is -2.17. The maximum atomic E-state index is 13.1. The number of rotatable bonds is 3. The summed E-state index contributed by atoms with van der Waals surface area (Å²) in [6, 6.07) is 4.41. The number of halogens is 1. The molecule has 0 atom stereocenters. The third-order valence-corrected chi connectivity index (χ3v) is 2.65. The molecule has 1 fully saturated rings. The number of benzene rings is 1. The Labute approximate surface area is 94.3 Å². The van der Waals surface area contributed by atoms with Gasteiger partial charge in [0.15, 0.2) is 0 Å². The van der Waals surface area contributed by atoms with Gasteiger partial charge in [0.2, 0.25) is 5.91 Å². The van der Waals surface area contributed by atoms with E-state index in [4.69, 9.17) is 0 Å². The predicted molar refractivity (Wildman–Crippen MR) is 62.1 cm³/mol. The zero-order valence-electron chi connectivity index (χ0n) is 9.46. The van der Waals surface area contributed by atoms with Crippen molar-refractivity contribution in [1.82, 2.24) is 0 Å². The first-order chi connectivity index (χ1) is 7.58. The number of carbonyl (C=O) groups is 1. The molecule has 0 aliphatic heterocycles. The first-order valence-corrected chi connectivity index (χ1v) is 5.35. The fraction of sp³-hybridized carbons (Fsp3) is 0.417. The highest BCUT2D eigenvalue weighted by Crippen LogP contribution is 2.32. The Morgan fingerprint density at radius 1 is 1.44 bits per heavy atom. The Hall–Kier alpha value is -1.58. The molecule has 2 rings (SSSR count). The summed E-state index contributed by atoms with van der Waals surface area (Å²) in [5.74, 6) is -0.219. The summed E-state index contributed by atoms with van der Waals surface area (Å²) in [4.78, 5) is 13.5. The molecule has 1 saturated carbocycles. The van der Waals surface area contributed by atoms with E-state index in [1.54, 1.807) is 6.07 Å². The van der Waals surface area contributed by atoms with Crippen LogP contribution in [0.1, 0.15) is 12.8 Å². The molecule has 16 heavy (non-hydrogen) atoms. The summed E-state index contributed by atoms with van der Waals surface area (Å²) in [6.07, 6.45) is 1.89. The Morgan fingerprint density at radius 2 is 2.12 bits per heavy atom. The summed E-state index contributed by atoms with van der Waals surface area (Å²) < 4.78 is 13.1. The van der Waals surface area contributed by atoms with Crippen molar-refractivity contribution in [3.63, 3.8) is 0 Å². The summed E-state index contributed by atoms with van der Waals surface area (Å²) in [5.41, 5.74) is 1.36. The minimum absolute atomic E-state index is 0.00583. The van der Waals surface area contributed by atoms with Gasteiger partial charge in [0.25, 0.3) is 0 Å². The first kappa shape index (κ1) is 10.9. The van der Waals surface area contributed by atoms with Gasteiger partial charge < -0.3 is 10.2 Å². The molecule has 0 spiro atoms. The first-order valence-electron chi connectivity index (χ1n) is 5.35. The standard InChI is InChI=1S/C12H15FN2O/c1-15(2)11-6-5-9(13)7-10(11)14-12(16)8-3-4-8/h5-8H,3-4H2,1-2H3,(H,14,16). The summed E-state index contributed by atoms with van der Waals surface area (Å²) in [5, 5.41) is 2.77. The van der Waals surface area contributed by atoms with Crippen molar-refractivity contribution in [2.24, 2.45) is 5.92 Å². The topological polar surface area (TPSA) is 32.3 Å². The van der Waals surface area contributed by atoms with Crippen LogP contribution in [0.2, 0.25) is 0 Å². The van der Waals surface area contributed by atoms with Crippen molar-refractivity contribution in [2.75, 3.05) is 24.3 Å². The molecule has 1 aliphatic rings. The Kier molecular flexibility index (Phi) is 2.81. The van der Waals surface area contributed by atoms with Crippen molar-refractivity contribution in [3.8, 4) is 0 Å². The average Bonchev–Trinajstić information content (AvgIpc) is 2.99. The lowest BCUT2D eigenvalue weighted by molar-refractivity contribution is -0.117. The normalized spacial score (nSPS) is 14.7. The SMILES string of the molecule is CN(C)c1ccc(F)cc1NC(=O)C1CC1. The number of hydrogen-bond acceptors (Lipinski definition) is 2. The van der Waals surface area contributed by atoms with Gasteiger partial charge in [0, 0.05) is 20.0 Å². The maximum Gasteiger partial charge on any atom is 0.227 e. The molecule has 4 heteroatoms. The van der Waals surface area contributed by atoms with Gasteiger partial charge in [0.1, 0.15) is 5.82 Å². The largest absolute Gasteiger partial charge is 0.376 e. The number of nitrogens with one attached hydrogen (secondary N) is 1. The predicted octanol–water partition coefficient (Wildman–Crippen LogP) is 2.24. The van der Waals surface area contributed by atoms with E-state index in [0.29, 0.717) is 5.69 Å². The van der Waals surface area contributed by atoms with Crippen LogP contribution in [-0.2, 0) is 4.79 Å². The summed E-state index contributed by atoms with van der Waals surface area (Å²) in [7, 11) is 3.72. The zero-order valence-corrected chi connectivity index (χ0v) is 9.46. The van der Waals surface area contributed by atoms with Crippen LogP contribution in [0.3, 0.4) is 0 Å². The highest BCUT2D eigenvalue weighted by atomic mass is 19.1. The van der Waals surface area contributed by atoms with Crippen LogP contribution in [-0.4, -0.2) is 20.0 Å². The van der Waals surface area contributed by atoms with Crippen LogP contribution in [0.4, 0.5) is 15.8 Å². The second-order valence-electron chi connectivity index (χ2n) is 4.32. The van der Waals surface area contributed by atoms with Gasteiger partial charge >= 0.3 is 0 Å². The van der Waals surface area contributed by atoms with Crippen LogP contribution in [0.25, 0.3) is 0 Å². The summed E-state index contributed by atoms with van der Waals surface area (Å²) >= 11 is 0. The van der Waals surface area contributed by atoms with Gasteiger partial charge in [-0.3, -0.25) is 4.79 Å². The van der Waals surface area contributed by atoms with E-state index in [0.717, 1.165) is 18.5 Å². The third-order valence-electron chi connectivity index (χ3n) is 2.65. The van der Waals surface area contributed by atoms with Crippen LogP contribution < -0.4 is 10.2 Å². The Morgan fingerprint density at radius 3 is 2.69 bits per heavy atom. The summed E-state index contributed by atoms with van der Waals surface area (Å²) in [6.45, 7) is 0. The third kappa shape index (κ3) is 2.32. The number of nitrogens with zero attached hydrogens (tertiary/aromatic N) is 1. The van der Waals surface area contributed by atoms with E-state index in [9.17, 15) is 9.18 Å². The molecule has 3 nitrogen and oxygen atoms in total. The molecule has 1 aromatic carbocycles. The lowest BCUT2D eigenvalue weighted by Gasteiger charge is -2.17. The van der Waals surface area contributed by atoms with Crippen molar-refractivity contribution in [3.05, 3.63) is 24.0 Å². The van der Waals surface area contributed by atoms with Crippen molar-refractivity contribution in [2.45, 2.75) is 12.8 Å². The van der Waals surface area contributed by atoms with Crippen LogP contribution >= 0.6 is 0 Å². The van der Waals surface area contributed by atoms with Crippen molar-refractivity contribution >= 4 is 17.3 Å². The van der Waals surface area contributed by atoms with E-state index >= 15 is 0 Å². The molecule has 0 aromatic heterocycles. The number of anilines is 2. The average molecular weight is 222 g/mol. The molecule has 0 heterocycles. The molecule has 1 aromatic rings. The molecule has 0 unspecified atom stereocenters. The molecule has 1 amide bonds. The Balaban J connectivity index is 2.22. The molecule has 86 valence electrons. The van der Waals surface area contributed by atoms with Gasteiger partial charge in [-0.1, -0.05) is 0 Å². The van der Waals surface area contributed by atoms with Crippen molar-refractivity contribution in [1.29, 1.82) is 0 Å². The smallest absolute Gasteiger partial charge is 0.227 e. The highest BCUT2D eigenvalue weighted by molar-refractivity contribution is 5.97. The second kappa shape index (κ2) is 4.12. The van der Waals surface area contributed by atoms with Gasteiger partial charge in [-0.2, -0.15) is 0 Å². The second-order valence-corrected chi connectivity index (χ2v) is 4.32. The van der Waals surface area contributed by atoms with Crippen LogP contribution in [0.15, 0.2) is 18.2 Å². The molecular weight excluding hydrogens is 207 g/mol. The molecule has 1 N–H and O–H groups in total. The monoisotopic (exact) mass is 222 g/mol. The quantitative estimate of drug-likeness (QED) is 0.850. The maximum absolute atomic E-state index is 13.1. The van der Waals surface area contributed by atoms with E-state index in [1.165, 1.54) is 12.1 Å². The highest BCUT2D eigenvalue weighted by Gasteiger charge is 2.30. The van der Waals surface area contributed by atoms with Gasteiger partial charge in [-0.15, -0.1) is 0 Å². The Bertz CT molecular complexity index is 413. The molecule has 0 saturated heterocycles. The fourth-order valence-corrected chi connectivity index (χ4v) is 1.58. The fourth-order valence-electron chi connectivity index (χ4n) is 1.58. The van der Waals surface area contributed by atoms with Gasteiger partial charge in [0.05, 0.1) is 11.4 Å². The van der Waals surface area contributed by atoms with Gasteiger partial charge in [-0.25, -0.2) is 4.39 Å². The molecule has 0 radical (unpaired) electrons. The zero-order chi connectivity index (χ0) is 11.7. The molecule has 1 aliphatic carbocycles. The number of amides is 1. The molecule has 0 bridgehead atoms. The lowest BCUT2D eigenvalue weighted by atomic mass is 10.2. The van der Waals surface area contributed by atoms with Crippen molar-refractivity contribution < 1.29 is 9.18 Å². The van der Waals surface area contributed by atoms with Gasteiger partial charge in [-0.05, 0) is 31.0 Å². The van der Waals surface area contributed by atoms with E-state index in [1.807, 2.05) is 19.0 Å². The minimum atomic E-state index is -0.336. The molecular formula is C12H15FN2O. The minimum Gasteiger partial charge on any atom is -0.376 e.